The minimum absolute atomic E-state index is 0.148. The molecule has 5 nitrogen and oxygen atoms in total. The first-order valence-electron chi connectivity index (χ1n) is 3.48. The van der Waals surface area contributed by atoms with E-state index in [-0.39, 0.29) is 6.01 Å². The van der Waals surface area contributed by atoms with Gasteiger partial charge in [-0.3, -0.25) is 9.48 Å². The predicted molar refractivity (Wildman–Crippen MR) is 44.4 cm³/mol. The number of rotatable bonds is 2. The van der Waals surface area contributed by atoms with Crippen molar-refractivity contribution >= 4 is 18.2 Å². The van der Waals surface area contributed by atoms with Crippen LogP contribution in [0.4, 0.5) is 0 Å². The Morgan fingerprint density at radius 2 is 2.50 bits per heavy atom. The molecular weight excluding hydrogens is 178 g/mol. The number of aryl methyl sites for hydroxylation is 1. The highest BCUT2D eigenvalue weighted by Crippen LogP contribution is 2.01. The maximum absolute atomic E-state index is 10.5. The molecule has 0 amide bonds. The van der Waals surface area contributed by atoms with Gasteiger partial charge in [-0.2, -0.15) is 4.98 Å². The molecule has 66 valence electrons. The Morgan fingerprint density at radius 1 is 1.83 bits per heavy atom. The summed E-state index contributed by atoms with van der Waals surface area (Å²) in [5.74, 6) is -0.415. The minimum Gasteiger partial charge on any atom is -0.391 e. The summed E-state index contributed by atoms with van der Waals surface area (Å²) >= 11 is 4.85. The summed E-state index contributed by atoms with van der Waals surface area (Å²) in [4.78, 5) is 14.3. The van der Waals surface area contributed by atoms with Gasteiger partial charge >= 0.3 is 12.0 Å². The Kier molecular flexibility index (Phi) is 2.59. The Bertz CT molecular complexity index is 341. The molecule has 0 aromatic carbocycles. The highest BCUT2D eigenvalue weighted by Gasteiger charge is 2.03. The molecule has 0 aliphatic carbocycles. The van der Waals surface area contributed by atoms with Crippen molar-refractivity contribution in [1.29, 1.82) is 0 Å². The fraction of sp³-hybridized carbons (Fsp3) is 0.500. The van der Waals surface area contributed by atoms with Crippen LogP contribution in [0.1, 0.15) is 13.8 Å². The van der Waals surface area contributed by atoms with Gasteiger partial charge in [0.05, 0.1) is 0 Å². The highest BCUT2D eigenvalue weighted by molar-refractivity contribution is 7.71. The first-order valence-corrected chi connectivity index (χ1v) is 3.89. The van der Waals surface area contributed by atoms with Crippen molar-refractivity contribution in [2.24, 2.45) is 0 Å². The van der Waals surface area contributed by atoms with E-state index < -0.39 is 5.97 Å². The van der Waals surface area contributed by atoms with Gasteiger partial charge in [-0.25, -0.2) is 5.10 Å². The largest absolute Gasteiger partial charge is 0.391 e. The van der Waals surface area contributed by atoms with Crippen LogP contribution in [0.5, 0.6) is 6.01 Å². The maximum Gasteiger partial charge on any atom is 0.319 e. The molecule has 0 fully saturated rings. The number of ether oxygens (including phenoxy) is 1. The maximum atomic E-state index is 10.5. The number of hydrogen-bond donors (Lipinski definition) is 1. The molecule has 0 bridgehead atoms. The third kappa shape index (κ3) is 1.91. The zero-order valence-corrected chi connectivity index (χ0v) is 7.64. The number of aromatic amines is 1. The Hall–Kier alpha value is -1.17. The fourth-order valence-electron chi connectivity index (χ4n) is 0.732. The molecule has 1 aromatic rings. The van der Waals surface area contributed by atoms with Gasteiger partial charge in [0.25, 0.3) is 0 Å². The number of nitrogens with zero attached hydrogens (tertiary/aromatic N) is 2. The summed E-state index contributed by atoms with van der Waals surface area (Å²) < 4.78 is 6.67. The van der Waals surface area contributed by atoms with Crippen molar-refractivity contribution in [2.45, 2.75) is 20.4 Å². The summed E-state index contributed by atoms with van der Waals surface area (Å²) in [6.45, 7) is 3.89. The van der Waals surface area contributed by atoms with Crippen LogP contribution in [0.25, 0.3) is 0 Å². The third-order valence-corrected chi connectivity index (χ3v) is 1.53. The van der Waals surface area contributed by atoms with Crippen molar-refractivity contribution in [1.82, 2.24) is 14.8 Å². The van der Waals surface area contributed by atoms with Gasteiger partial charge in [-0.1, -0.05) is 0 Å². The molecule has 12 heavy (non-hydrogen) atoms. The topological polar surface area (TPSA) is 59.9 Å². The van der Waals surface area contributed by atoms with Crippen molar-refractivity contribution in [3.8, 4) is 6.01 Å². The fourth-order valence-corrected chi connectivity index (χ4v) is 0.989. The van der Waals surface area contributed by atoms with Crippen LogP contribution in [0, 0.1) is 4.77 Å². The Balaban J connectivity index is 2.89. The van der Waals surface area contributed by atoms with Gasteiger partial charge in [0, 0.05) is 13.5 Å². The Morgan fingerprint density at radius 3 is 2.92 bits per heavy atom. The molecule has 0 aliphatic rings. The van der Waals surface area contributed by atoms with E-state index in [0.29, 0.717) is 11.3 Å². The second kappa shape index (κ2) is 3.48. The van der Waals surface area contributed by atoms with Crippen LogP contribution < -0.4 is 4.74 Å². The van der Waals surface area contributed by atoms with Crippen molar-refractivity contribution in [3.63, 3.8) is 0 Å². The zero-order valence-electron chi connectivity index (χ0n) is 6.83. The molecule has 0 atom stereocenters. The molecule has 1 heterocycles. The SMILES string of the molecule is CCn1[nH]c(OC(C)=O)nc1=S. The molecule has 0 saturated carbocycles. The highest BCUT2D eigenvalue weighted by atomic mass is 32.1. The third-order valence-electron chi connectivity index (χ3n) is 1.22. The standard InChI is InChI=1S/C6H9N3O2S/c1-3-9-6(12)7-5(8-9)11-4(2)10/h3H2,1-2H3,(H,7,8,12). The van der Waals surface area contributed by atoms with Gasteiger partial charge in [0.15, 0.2) is 0 Å². The number of nitrogens with one attached hydrogen (secondary N) is 1. The van der Waals surface area contributed by atoms with Gasteiger partial charge in [-0.15, -0.1) is 0 Å². The summed E-state index contributed by atoms with van der Waals surface area (Å²) in [5.41, 5.74) is 0. The van der Waals surface area contributed by atoms with E-state index in [9.17, 15) is 4.79 Å². The molecule has 1 N–H and O–H groups in total. The van der Waals surface area contributed by atoms with Crippen molar-refractivity contribution in [2.75, 3.05) is 0 Å². The van der Waals surface area contributed by atoms with Crippen LogP contribution >= 0.6 is 12.2 Å². The van der Waals surface area contributed by atoms with Crippen LogP contribution in [0.3, 0.4) is 0 Å². The molecule has 0 aliphatic heterocycles. The molecule has 1 rings (SSSR count). The molecule has 1 aromatic heterocycles. The summed E-state index contributed by atoms with van der Waals surface area (Å²) in [6.07, 6.45) is 0. The summed E-state index contributed by atoms with van der Waals surface area (Å²) in [5, 5.41) is 2.72. The molecular formula is C6H9N3O2S. The van der Waals surface area contributed by atoms with Crippen LogP contribution in [0.15, 0.2) is 0 Å². The van der Waals surface area contributed by atoms with Crippen molar-refractivity contribution < 1.29 is 9.53 Å². The van der Waals surface area contributed by atoms with E-state index in [0.717, 1.165) is 0 Å². The number of aromatic nitrogens is 3. The summed E-state index contributed by atoms with van der Waals surface area (Å²) in [7, 11) is 0. The number of carbonyl (C=O) groups is 1. The molecule has 0 unspecified atom stereocenters. The van der Waals surface area contributed by atoms with Crippen LogP contribution in [-0.4, -0.2) is 20.7 Å². The van der Waals surface area contributed by atoms with E-state index in [1.54, 1.807) is 4.68 Å². The number of carbonyl (C=O) groups excluding carboxylic acids is 1. The molecule has 0 spiro atoms. The lowest BCUT2D eigenvalue weighted by atomic mass is 10.8. The number of esters is 1. The van der Waals surface area contributed by atoms with E-state index in [1.165, 1.54) is 6.92 Å². The lowest BCUT2D eigenvalue weighted by Crippen LogP contribution is -2.03. The molecule has 0 radical (unpaired) electrons. The van der Waals surface area contributed by atoms with Crippen LogP contribution in [-0.2, 0) is 11.3 Å². The molecule has 0 saturated heterocycles. The molecule has 6 heteroatoms. The average molecular weight is 187 g/mol. The second-order valence-electron chi connectivity index (χ2n) is 2.15. The average Bonchev–Trinajstić information content (AvgIpc) is 2.29. The first-order chi connectivity index (χ1) is 5.63. The minimum atomic E-state index is -0.415. The lowest BCUT2D eigenvalue weighted by Gasteiger charge is -1.94. The van der Waals surface area contributed by atoms with E-state index >= 15 is 0 Å². The predicted octanol–water partition coefficient (Wildman–Crippen LogP) is 0.886. The quantitative estimate of drug-likeness (QED) is 0.551. The lowest BCUT2D eigenvalue weighted by molar-refractivity contribution is -0.132. The van der Waals surface area contributed by atoms with Gasteiger partial charge in [-0.05, 0) is 19.1 Å². The van der Waals surface area contributed by atoms with E-state index in [2.05, 4.69) is 14.8 Å². The zero-order chi connectivity index (χ0) is 9.14. The second-order valence-corrected chi connectivity index (χ2v) is 2.51. The van der Waals surface area contributed by atoms with Gasteiger partial charge in [0.2, 0.25) is 4.77 Å². The number of hydrogen-bond acceptors (Lipinski definition) is 4. The van der Waals surface area contributed by atoms with E-state index in [4.69, 9.17) is 12.2 Å². The smallest absolute Gasteiger partial charge is 0.319 e. The first kappa shape index (κ1) is 8.92. The van der Waals surface area contributed by atoms with Crippen LogP contribution in [0.2, 0.25) is 0 Å². The van der Waals surface area contributed by atoms with Gasteiger partial charge in [0.1, 0.15) is 0 Å². The van der Waals surface area contributed by atoms with Crippen molar-refractivity contribution in [3.05, 3.63) is 4.77 Å². The van der Waals surface area contributed by atoms with Gasteiger partial charge < -0.3 is 4.74 Å². The number of H-pyrrole nitrogens is 1. The summed E-state index contributed by atoms with van der Waals surface area (Å²) in [6, 6.07) is 0.148. The normalized spacial score (nSPS) is 9.83. The van der Waals surface area contributed by atoms with E-state index in [1.807, 2.05) is 6.92 Å². The Labute approximate surface area is 74.4 Å². The monoisotopic (exact) mass is 187 g/mol.